The van der Waals surface area contributed by atoms with Crippen molar-refractivity contribution < 1.29 is 0 Å². The predicted molar refractivity (Wildman–Crippen MR) is 227 cm³/mol. The Kier molecular flexibility index (Phi) is 6.86. The summed E-state index contributed by atoms with van der Waals surface area (Å²) in [5, 5.41) is 2.84. The molecule has 0 heterocycles. The van der Waals surface area contributed by atoms with Crippen molar-refractivity contribution in [3.63, 3.8) is 0 Å². The van der Waals surface area contributed by atoms with Crippen molar-refractivity contribution in [2.75, 3.05) is 4.90 Å². The predicted octanol–water partition coefficient (Wildman–Crippen LogP) is 14.3. The van der Waals surface area contributed by atoms with Crippen LogP contribution < -0.4 is 4.90 Å². The highest BCUT2D eigenvalue weighted by Crippen LogP contribution is 2.93. The van der Waals surface area contributed by atoms with Crippen LogP contribution in [0.25, 0.3) is 44.2 Å². The fraction of sp³-hybridized carbons (Fsp3) is 0.245. The molecular formula is C53H47N. The molecule has 0 saturated heterocycles. The molecule has 4 saturated carbocycles. The molecule has 1 nitrogen and oxygen atoms in total. The molecule has 0 amide bonds. The lowest BCUT2D eigenvalue weighted by molar-refractivity contribution is -0.394. The van der Waals surface area contributed by atoms with E-state index in [2.05, 4.69) is 189 Å². The summed E-state index contributed by atoms with van der Waals surface area (Å²) < 4.78 is 0. The number of anilines is 3. The third-order valence-corrected chi connectivity index (χ3v) is 14.5. The summed E-state index contributed by atoms with van der Waals surface area (Å²) in [4.78, 5) is 2.58. The molecule has 7 aromatic rings. The summed E-state index contributed by atoms with van der Waals surface area (Å²) >= 11 is 0. The van der Waals surface area contributed by atoms with Gasteiger partial charge in [0.15, 0.2) is 0 Å². The van der Waals surface area contributed by atoms with Gasteiger partial charge in [0.1, 0.15) is 0 Å². The largest absolute Gasteiger partial charge is 0.309 e. The third-order valence-electron chi connectivity index (χ3n) is 14.5. The average molecular weight is 698 g/mol. The lowest BCUT2D eigenvalue weighted by atomic mass is 9.12. The fourth-order valence-corrected chi connectivity index (χ4v) is 12.2. The molecular weight excluding hydrogens is 651 g/mol. The molecule has 4 aliphatic carbocycles. The first-order valence-corrected chi connectivity index (χ1v) is 20.1. The normalized spacial score (nSPS) is 24.6. The second-order valence-electron chi connectivity index (χ2n) is 17.8. The first kappa shape index (κ1) is 32.1. The van der Waals surface area contributed by atoms with E-state index in [0.717, 1.165) is 17.8 Å². The molecule has 2 unspecified atom stereocenters. The molecule has 0 N–H and O–H groups in total. The van der Waals surface area contributed by atoms with Crippen LogP contribution in [0.15, 0.2) is 164 Å². The minimum absolute atomic E-state index is 0.0282. The Hall–Kier alpha value is -5.40. The van der Waals surface area contributed by atoms with Crippen molar-refractivity contribution in [2.45, 2.75) is 57.3 Å². The zero-order chi connectivity index (χ0) is 36.2. The highest BCUT2D eigenvalue weighted by atomic mass is 15.2. The number of fused-ring (bicyclic) bond motifs is 1. The van der Waals surface area contributed by atoms with Crippen molar-refractivity contribution in [3.05, 3.63) is 175 Å². The van der Waals surface area contributed by atoms with Gasteiger partial charge in [-0.25, -0.2) is 0 Å². The molecule has 264 valence electrons. The van der Waals surface area contributed by atoms with Crippen molar-refractivity contribution in [3.8, 4) is 33.4 Å². The van der Waals surface area contributed by atoms with Crippen LogP contribution in [0.2, 0.25) is 0 Å². The average Bonchev–Trinajstić information content (AvgIpc) is 3.17. The van der Waals surface area contributed by atoms with Crippen LogP contribution in [0.4, 0.5) is 17.1 Å². The van der Waals surface area contributed by atoms with Gasteiger partial charge in [-0.15, -0.1) is 0 Å². The first-order valence-electron chi connectivity index (χ1n) is 20.1. The second-order valence-corrected chi connectivity index (χ2v) is 17.8. The minimum Gasteiger partial charge on any atom is -0.309 e. The summed E-state index contributed by atoms with van der Waals surface area (Å²) in [6.07, 6.45) is 5.72. The summed E-state index contributed by atoms with van der Waals surface area (Å²) in [6, 6.07) is 61.5. The summed E-state index contributed by atoms with van der Waals surface area (Å²) in [5.41, 5.74) is 14.9. The van der Waals surface area contributed by atoms with Crippen molar-refractivity contribution in [1.82, 2.24) is 0 Å². The number of hydrogen-bond acceptors (Lipinski definition) is 1. The summed E-state index contributed by atoms with van der Waals surface area (Å²) in [7, 11) is 0. The number of nitrogens with zero attached hydrogens (tertiary/aromatic N) is 1. The van der Waals surface area contributed by atoms with Gasteiger partial charge in [0, 0.05) is 22.1 Å². The molecule has 4 aliphatic rings. The van der Waals surface area contributed by atoms with Gasteiger partial charge in [-0.05, 0) is 111 Å². The van der Waals surface area contributed by atoms with Gasteiger partial charge in [-0.3, -0.25) is 0 Å². The quantitative estimate of drug-likeness (QED) is 0.160. The number of rotatable bonds is 7. The molecule has 1 spiro atoms. The molecule has 7 aromatic carbocycles. The zero-order valence-electron chi connectivity index (χ0n) is 31.6. The van der Waals surface area contributed by atoms with E-state index in [9.17, 15) is 0 Å². The van der Waals surface area contributed by atoms with Crippen LogP contribution >= 0.6 is 0 Å². The van der Waals surface area contributed by atoms with E-state index in [-0.39, 0.29) is 5.41 Å². The molecule has 11 rings (SSSR count). The molecule has 54 heavy (non-hydrogen) atoms. The van der Waals surface area contributed by atoms with Gasteiger partial charge in [0.2, 0.25) is 0 Å². The van der Waals surface area contributed by atoms with E-state index in [4.69, 9.17) is 0 Å². The van der Waals surface area contributed by atoms with E-state index in [1.165, 1.54) is 92.5 Å². The first-order chi connectivity index (χ1) is 26.4. The Morgan fingerprint density at radius 3 is 1.63 bits per heavy atom. The van der Waals surface area contributed by atoms with Crippen molar-refractivity contribution in [1.29, 1.82) is 0 Å². The molecule has 0 aromatic heterocycles. The Morgan fingerprint density at radius 1 is 0.481 bits per heavy atom. The van der Waals surface area contributed by atoms with Crippen LogP contribution in [0, 0.1) is 23.2 Å². The van der Waals surface area contributed by atoms with E-state index in [0.29, 0.717) is 10.8 Å². The molecule has 2 atom stereocenters. The Bertz CT molecular complexity index is 2540. The molecule has 0 radical (unpaired) electrons. The zero-order valence-corrected chi connectivity index (χ0v) is 31.6. The maximum atomic E-state index is 2.58. The molecule has 0 bridgehead atoms. The SMILES string of the molecule is CC(C)(C)c1ccc(-c2ccccc2)c(N(c2ccccc2-c2ccccc2)c2ccccc2-c2cccc3cccc(C45CC6CC7CC(C4)C765)c23)c1. The van der Waals surface area contributed by atoms with Crippen molar-refractivity contribution >= 4 is 27.8 Å². The van der Waals surface area contributed by atoms with Gasteiger partial charge in [-0.1, -0.05) is 166 Å². The van der Waals surface area contributed by atoms with Gasteiger partial charge in [-0.2, -0.15) is 0 Å². The van der Waals surface area contributed by atoms with E-state index >= 15 is 0 Å². The van der Waals surface area contributed by atoms with Crippen LogP contribution in [0.5, 0.6) is 0 Å². The minimum atomic E-state index is -0.0282. The topological polar surface area (TPSA) is 3.24 Å². The van der Waals surface area contributed by atoms with E-state index in [1.807, 2.05) is 0 Å². The number of para-hydroxylation sites is 2. The molecule has 4 fully saturated rings. The standard InChI is InChI=1S/C53H47N/c1-51(2,3)38-28-29-43(36-18-8-5-9-19-36)49(32-38)54(47-26-12-10-22-42(47)35-16-6-4-7-17-35)48-27-13-11-23-44(48)45-24-14-20-37-21-15-25-46(50(37)45)52-33-40-30-39-31-41(34-52)53(39,40)52/h4-29,32,39-41H,30-31,33-34H2,1-3H3. The maximum absolute atomic E-state index is 2.58. The number of benzene rings is 7. The van der Waals surface area contributed by atoms with Gasteiger partial charge in [0.05, 0.1) is 17.1 Å². The fourth-order valence-electron chi connectivity index (χ4n) is 12.2. The van der Waals surface area contributed by atoms with E-state index < -0.39 is 0 Å². The Labute approximate surface area is 320 Å². The number of hydrogen-bond donors (Lipinski definition) is 0. The Morgan fingerprint density at radius 2 is 1.02 bits per heavy atom. The monoisotopic (exact) mass is 697 g/mol. The van der Waals surface area contributed by atoms with Crippen LogP contribution in [-0.2, 0) is 10.8 Å². The highest BCUT2D eigenvalue weighted by molar-refractivity contribution is 6.05. The summed E-state index contributed by atoms with van der Waals surface area (Å²) in [6.45, 7) is 6.98. The van der Waals surface area contributed by atoms with Crippen molar-refractivity contribution in [2.24, 2.45) is 23.2 Å². The van der Waals surface area contributed by atoms with Crippen LogP contribution in [0.3, 0.4) is 0 Å². The Balaban J connectivity index is 1.19. The highest BCUT2D eigenvalue weighted by Gasteiger charge is 2.87. The van der Waals surface area contributed by atoms with Gasteiger partial charge in [0.25, 0.3) is 0 Å². The van der Waals surface area contributed by atoms with Gasteiger partial charge < -0.3 is 4.90 Å². The smallest absolute Gasteiger partial charge is 0.0543 e. The second kappa shape index (κ2) is 11.6. The maximum Gasteiger partial charge on any atom is 0.0543 e. The molecule has 1 heteroatoms. The van der Waals surface area contributed by atoms with Gasteiger partial charge >= 0.3 is 0 Å². The molecule has 0 aliphatic heterocycles. The summed E-state index contributed by atoms with van der Waals surface area (Å²) in [5.74, 6) is 2.88. The van der Waals surface area contributed by atoms with Crippen LogP contribution in [-0.4, -0.2) is 0 Å². The lowest BCUT2D eigenvalue weighted by Gasteiger charge is -2.91. The lowest BCUT2D eigenvalue weighted by Crippen LogP contribution is -2.87. The van der Waals surface area contributed by atoms with E-state index in [1.54, 1.807) is 5.56 Å². The van der Waals surface area contributed by atoms with Crippen LogP contribution in [0.1, 0.15) is 57.6 Å². The third kappa shape index (κ3) is 4.27.